The van der Waals surface area contributed by atoms with Crippen molar-refractivity contribution in [1.29, 1.82) is 0 Å². The number of carbonyl (C=O) groups excluding carboxylic acids is 2. The van der Waals surface area contributed by atoms with E-state index in [-0.39, 0.29) is 17.0 Å². The molecular weight excluding hydrogens is 397 g/mol. The molecule has 0 aliphatic carbocycles. The highest BCUT2D eigenvalue weighted by Gasteiger charge is 2.33. The quantitative estimate of drug-likeness (QED) is 0.741. The van der Waals surface area contributed by atoms with Crippen LogP contribution in [-0.4, -0.2) is 37.6 Å². The topological polar surface area (TPSA) is 95.6 Å². The third kappa shape index (κ3) is 4.80. The second-order valence-corrected chi connectivity index (χ2v) is 8.88. The summed E-state index contributed by atoms with van der Waals surface area (Å²) in [7, 11) is -3.71. The Morgan fingerprint density at radius 2 is 1.76 bits per heavy atom. The number of hydrogen-bond donors (Lipinski definition) is 2. The van der Waals surface area contributed by atoms with E-state index < -0.39 is 33.6 Å². The van der Waals surface area contributed by atoms with Crippen LogP contribution in [0.2, 0.25) is 0 Å². The van der Waals surface area contributed by atoms with Gasteiger partial charge in [0.25, 0.3) is 5.91 Å². The van der Waals surface area contributed by atoms with Gasteiger partial charge >= 0.3 is 0 Å². The largest absolute Gasteiger partial charge is 0.273 e. The van der Waals surface area contributed by atoms with Crippen LogP contribution in [0.25, 0.3) is 0 Å². The third-order valence-electron chi connectivity index (χ3n) is 4.83. The van der Waals surface area contributed by atoms with E-state index in [1.54, 1.807) is 24.3 Å². The second-order valence-electron chi connectivity index (χ2n) is 6.94. The molecule has 0 saturated carbocycles. The molecule has 7 nitrogen and oxygen atoms in total. The van der Waals surface area contributed by atoms with Crippen molar-refractivity contribution >= 4 is 21.8 Å². The van der Waals surface area contributed by atoms with Gasteiger partial charge in [0.2, 0.25) is 15.9 Å². The molecule has 9 heteroatoms. The highest BCUT2D eigenvalue weighted by atomic mass is 32.2. The number of hydrogen-bond acceptors (Lipinski definition) is 4. The number of hydrazine groups is 1. The summed E-state index contributed by atoms with van der Waals surface area (Å²) >= 11 is 0. The Hall–Kier alpha value is -2.78. The van der Waals surface area contributed by atoms with Crippen LogP contribution in [0.15, 0.2) is 53.4 Å². The molecule has 2 amide bonds. The van der Waals surface area contributed by atoms with Crippen molar-refractivity contribution in [2.24, 2.45) is 5.92 Å². The Bertz CT molecular complexity index is 1010. The minimum Gasteiger partial charge on any atom is -0.273 e. The average molecular weight is 419 g/mol. The number of rotatable bonds is 4. The number of sulfonamides is 1. The van der Waals surface area contributed by atoms with Crippen LogP contribution in [-0.2, 0) is 14.8 Å². The number of benzene rings is 2. The van der Waals surface area contributed by atoms with Gasteiger partial charge in [-0.1, -0.05) is 29.8 Å². The Labute approximate surface area is 168 Å². The molecule has 154 valence electrons. The fourth-order valence-corrected chi connectivity index (χ4v) is 4.69. The Morgan fingerprint density at radius 1 is 1.07 bits per heavy atom. The van der Waals surface area contributed by atoms with E-state index in [0.29, 0.717) is 19.4 Å². The summed E-state index contributed by atoms with van der Waals surface area (Å²) in [6.07, 6.45) is 1.01. The van der Waals surface area contributed by atoms with Crippen molar-refractivity contribution in [3.05, 3.63) is 65.5 Å². The predicted molar refractivity (Wildman–Crippen MR) is 105 cm³/mol. The van der Waals surface area contributed by atoms with Crippen LogP contribution in [0.5, 0.6) is 0 Å². The minimum absolute atomic E-state index is 0.0115. The van der Waals surface area contributed by atoms with Crippen LogP contribution in [0.3, 0.4) is 0 Å². The molecule has 2 aromatic rings. The smallest absolute Gasteiger partial charge is 0.272 e. The van der Waals surface area contributed by atoms with Crippen LogP contribution in [0.1, 0.15) is 28.8 Å². The maximum absolute atomic E-state index is 13.6. The maximum Gasteiger partial charge on any atom is 0.272 e. The van der Waals surface area contributed by atoms with E-state index >= 15 is 0 Å². The number of piperidine rings is 1. The molecule has 1 fully saturated rings. The molecule has 0 bridgehead atoms. The molecular formula is C20H22FN3O4S. The molecule has 1 aliphatic rings. The highest BCUT2D eigenvalue weighted by Crippen LogP contribution is 2.24. The van der Waals surface area contributed by atoms with Gasteiger partial charge in [-0.15, -0.1) is 0 Å². The summed E-state index contributed by atoms with van der Waals surface area (Å²) in [6, 6.07) is 11.9. The SMILES string of the molecule is Cc1ccc(S(=O)(=O)N2CCC[C@H](C(=O)NNC(=O)c3ccccc3F)C2)cc1. The van der Waals surface area contributed by atoms with Crippen molar-refractivity contribution in [2.45, 2.75) is 24.7 Å². The van der Waals surface area contributed by atoms with Crippen molar-refractivity contribution in [1.82, 2.24) is 15.2 Å². The van der Waals surface area contributed by atoms with Gasteiger partial charge in [-0.25, -0.2) is 12.8 Å². The van der Waals surface area contributed by atoms with E-state index in [1.807, 2.05) is 6.92 Å². The first kappa shape index (κ1) is 20.9. The van der Waals surface area contributed by atoms with Gasteiger partial charge in [0, 0.05) is 13.1 Å². The Kier molecular flexibility index (Phi) is 6.29. The number of nitrogens with zero attached hydrogens (tertiary/aromatic N) is 1. The molecule has 2 N–H and O–H groups in total. The normalized spacial score (nSPS) is 17.5. The highest BCUT2D eigenvalue weighted by molar-refractivity contribution is 7.89. The molecule has 1 heterocycles. The first-order valence-electron chi connectivity index (χ1n) is 9.20. The van der Waals surface area contributed by atoms with Gasteiger partial charge in [0.05, 0.1) is 16.4 Å². The van der Waals surface area contributed by atoms with Crippen LogP contribution < -0.4 is 10.9 Å². The zero-order valence-electron chi connectivity index (χ0n) is 15.9. The van der Waals surface area contributed by atoms with E-state index in [2.05, 4.69) is 10.9 Å². The summed E-state index contributed by atoms with van der Waals surface area (Å²) in [4.78, 5) is 24.6. The lowest BCUT2D eigenvalue weighted by Crippen LogP contribution is -2.50. The lowest BCUT2D eigenvalue weighted by atomic mass is 9.99. The van der Waals surface area contributed by atoms with Crippen LogP contribution in [0.4, 0.5) is 4.39 Å². The predicted octanol–water partition coefficient (Wildman–Crippen LogP) is 2.00. The monoisotopic (exact) mass is 419 g/mol. The molecule has 29 heavy (non-hydrogen) atoms. The van der Waals surface area contributed by atoms with Crippen molar-refractivity contribution < 1.29 is 22.4 Å². The molecule has 1 aliphatic heterocycles. The van der Waals surface area contributed by atoms with E-state index in [9.17, 15) is 22.4 Å². The van der Waals surface area contributed by atoms with Gasteiger partial charge in [-0.2, -0.15) is 4.31 Å². The molecule has 0 radical (unpaired) electrons. The second kappa shape index (κ2) is 8.71. The zero-order valence-corrected chi connectivity index (χ0v) is 16.7. The van der Waals surface area contributed by atoms with Gasteiger partial charge in [-0.05, 0) is 44.0 Å². The summed E-state index contributed by atoms with van der Waals surface area (Å²) in [6.45, 7) is 2.20. The van der Waals surface area contributed by atoms with Crippen molar-refractivity contribution in [2.75, 3.05) is 13.1 Å². The summed E-state index contributed by atoms with van der Waals surface area (Å²) < 4.78 is 40.6. The number of halogens is 1. The fraction of sp³-hybridized carbons (Fsp3) is 0.300. The number of nitrogens with one attached hydrogen (secondary N) is 2. The zero-order chi connectivity index (χ0) is 21.0. The van der Waals surface area contributed by atoms with Gasteiger partial charge < -0.3 is 0 Å². The van der Waals surface area contributed by atoms with E-state index in [1.165, 1.54) is 22.5 Å². The first-order chi connectivity index (χ1) is 13.8. The number of amides is 2. The third-order valence-corrected chi connectivity index (χ3v) is 6.71. The molecule has 1 atom stereocenters. The average Bonchev–Trinajstić information content (AvgIpc) is 2.72. The standard InChI is InChI=1S/C20H22FN3O4S/c1-14-8-10-16(11-9-14)29(27,28)24-12-4-5-15(13-24)19(25)22-23-20(26)17-6-2-3-7-18(17)21/h2-3,6-11,15H,4-5,12-13H2,1H3,(H,22,25)(H,23,26)/t15-/m0/s1. The Morgan fingerprint density at radius 3 is 2.45 bits per heavy atom. The van der Waals surface area contributed by atoms with Gasteiger partial charge in [0.1, 0.15) is 5.82 Å². The molecule has 1 saturated heterocycles. The summed E-state index contributed by atoms with van der Waals surface area (Å²) in [5.41, 5.74) is 5.21. The minimum atomic E-state index is -3.71. The summed E-state index contributed by atoms with van der Waals surface area (Å²) in [5, 5.41) is 0. The van der Waals surface area contributed by atoms with Gasteiger partial charge in [0.15, 0.2) is 0 Å². The van der Waals surface area contributed by atoms with Crippen molar-refractivity contribution in [3.8, 4) is 0 Å². The lowest BCUT2D eigenvalue weighted by Gasteiger charge is -2.31. The number of carbonyl (C=O) groups is 2. The van der Waals surface area contributed by atoms with E-state index in [4.69, 9.17) is 0 Å². The number of aryl methyl sites for hydroxylation is 1. The van der Waals surface area contributed by atoms with E-state index in [0.717, 1.165) is 11.6 Å². The van der Waals surface area contributed by atoms with Crippen molar-refractivity contribution in [3.63, 3.8) is 0 Å². The molecule has 3 rings (SSSR count). The molecule has 0 spiro atoms. The fourth-order valence-electron chi connectivity index (χ4n) is 3.17. The molecule has 2 aromatic carbocycles. The Balaban J connectivity index is 1.63. The molecule has 0 aromatic heterocycles. The molecule has 0 unspecified atom stereocenters. The first-order valence-corrected chi connectivity index (χ1v) is 10.6. The van der Waals surface area contributed by atoms with Crippen LogP contribution in [0, 0.1) is 18.7 Å². The summed E-state index contributed by atoms with van der Waals surface area (Å²) in [5.74, 6) is -2.62. The van der Waals surface area contributed by atoms with Gasteiger partial charge in [-0.3, -0.25) is 20.4 Å². The van der Waals surface area contributed by atoms with Crippen LogP contribution >= 0.6 is 0 Å². The lowest BCUT2D eigenvalue weighted by molar-refractivity contribution is -0.126. The maximum atomic E-state index is 13.6.